The lowest BCUT2D eigenvalue weighted by Crippen LogP contribution is -2.58. The fourth-order valence-electron chi connectivity index (χ4n) is 5.47. The number of likely N-dealkylation sites (N-methyl/N-ethyl adjacent to an activating group) is 1. The zero-order valence-electron chi connectivity index (χ0n) is 22.5. The normalized spacial score (nSPS) is 20.3. The topological polar surface area (TPSA) is 130 Å². The van der Waals surface area contributed by atoms with Gasteiger partial charge in [0.2, 0.25) is 11.9 Å². The number of amides is 2. The van der Waals surface area contributed by atoms with Crippen LogP contribution in [0.5, 0.6) is 0 Å². The molecule has 2 amide bonds. The molecular weight excluding hydrogens is 601 g/mol. The van der Waals surface area contributed by atoms with Crippen LogP contribution < -0.4 is 10.2 Å². The van der Waals surface area contributed by atoms with Crippen LogP contribution in [-0.2, 0) is 31.6 Å². The number of aromatic nitrogens is 4. The fraction of sp³-hybridized carbons (Fsp3) is 0.250. The van der Waals surface area contributed by atoms with Gasteiger partial charge in [0.25, 0.3) is 15.9 Å². The van der Waals surface area contributed by atoms with Gasteiger partial charge in [-0.3, -0.25) is 14.2 Å². The number of anilines is 2. The second-order valence-corrected chi connectivity index (χ2v) is 13.0. The average molecular weight is 627 g/mol. The maximum absolute atomic E-state index is 14.3. The minimum Gasteiger partial charge on any atom is -0.358 e. The number of nitrogens with zero attached hydrogens (tertiary/aromatic N) is 6. The van der Waals surface area contributed by atoms with Gasteiger partial charge in [-0.1, -0.05) is 47.5 Å². The molecule has 1 N–H and O–H groups in total. The summed E-state index contributed by atoms with van der Waals surface area (Å²) in [6.07, 6.45) is 6.62. The molecule has 2 aliphatic rings. The molecule has 0 spiro atoms. The van der Waals surface area contributed by atoms with Crippen LogP contribution in [0.25, 0.3) is 11.1 Å². The standard InChI is InChI=1S/C28H25Cl2N7O4S/c1-28(12-17-3-5-18(6-4-17)19-13-32-16-33-14-19)26(39)36(22-10-20(29)9-21(30)11-22)27-34-15-24(37(27)28)42(40,41)35-8-7-23(35)25(38)31-2/h3-6,9-11,13-16,23H,7-8,12H2,1-2H3,(H,31,38)/t23-,28+/m0/s1. The zero-order chi connectivity index (χ0) is 29.8. The number of halogens is 2. The summed E-state index contributed by atoms with van der Waals surface area (Å²) in [5, 5.41) is 2.94. The number of rotatable bonds is 7. The number of sulfonamides is 1. The predicted molar refractivity (Wildman–Crippen MR) is 157 cm³/mol. The van der Waals surface area contributed by atoms with Crippen molar-refractivity contribution in [3.63, 3.8) is 0 Å². The molecule has 2 aromatic heterocycles. The Labute approximate surface area is 252 Å². The number of imidazole rings is 1. The predicted octanol–water partition coefficient (Wildman–Crippen LogP) is 3.79. The molecule has 0 saturated carbocycles. The van der Waals surface area contributed by atoms with Gasteiger partial charge in [-0.25, -0.2) is 28.3 Å². The van der Waals surface area contributed by atoms with Crippen molar-refractivity contribution < 1.29 is 18.0 Å². The van der Waals surface area contributed by atoms with E-state index in [0.717, 1.165) is 21.0 Å². The van der Waals surface area contributed by atoms with Crippen LogP contribution >= 0.6 is 23.2 Å². The first kappa shape index (κ1) is 28.3. The smallest absolute Gasteiger partial charge is 0.261 e. The van der Waals surface area contributed by atoms with Crippen LogP contribution in [-0.4, -0.2) is 63.7 Å². The quantitative estimate of drug-likeness (QED) is 0.330. The first-order chi connectivity index (χ1) is 20.0. The highest BCUT2D eigenvalue weighted by Gasteiger charge is 2.54. The second-order valence-electron chi connectivity index (χ2n) is 10.3. The molecule has 11 nitrogen and oxygen atoms in total. The Morgan fingerprint density at radius 1 is 1.05 bits per heavy atom. The Balaban J connectivity index is 1.45. The number of nitrogens with one attached hydrogen (secondary N) is 1. The third-order valence-corrected chi connectivity index (χ3v) is 9.97. The van der Waals surface area contributed by atoms with Crippen molar-refractivity contribution >= 4 is 56.7 Å². The van der Waals surface area contributed by atoms with Crippen molar-refractivity contribution in [3.8, 4) is 11.1 Å². The SMILES string of the molecule is CNC(=O)[C@@H]1CCN1S(=O)(=O)c1cnc2n1[C@](C)(Cc1ccc(-c3cncnc3)cc1)C(=O)N2c1cc(Cl)cc(Cl)c1. The van der Waals surface area contributed by atoms with Crippen molar-refractivity contribution in [3.05, 3.63) is 83.0 Å². The van der Waals surface area contributed by atoms with Gasteiger partial charge in [-0.05, 0) is 42.7 Å². The van der Waals surface area contributed by atoms with Crippen LogP contribution in [0.4, 0.5) is 11.6 Å². The molecule has 1 saturated heterocycles. The Hall–Kier alpha value is -3.84. The molecular formula is C28H25Cl2N7O4S. The van der Waals surface area contributed by atoms with E-state index in [9.17, 15) is 18.0 Å². The summed E-state index contributed by atoms with van der Waals surface area (Å²) in [6.45, 7) is 1.85. The number of benzene rings is 2. The van der Waals surface area contributed by atoms with E-state index >= 15 is 0 Å². The van der Waals surface area contributed by atoms with Gasteiger partial charge in [0.1, 0.15) is 17.9 Å². The molecule has 1 fully saturated rings. The minimum absolute atomic E-state index is 0.106. The summed E-state index contributed by atoms with van der Waals surface area (Å²) in [5.41, 5.74) is 1.45. The molecule has 42 heavy (non-hydrogen) atoms. The van der Waals surface area contributed by atoms with Crippen LogP contribution in [0, 0.1) is 0 Å². The van der Waals surface area contributed by atoms with Gasteiger partial charge in [0.05, 0.1) is 11.9 Å². The van der Waals surface area contributed by atoms with E-state index in [0.29, 0.717) is 22.2 Å². The summed E-state index contributed by atoms with van der Waals surface area (Å²) in [7, 11) is -2.75. The monoisotopic (exact) mass is 625 g/mol. The zero-order valence-corrected chi connectivity index (χ0v) is 24.9. The molecule has 0 bridgehead atoms. The summed E-state index contributed by atoms with van der Waals surface area (Å²) >= 11 is 12.6. The highest BCUT2D eigenvalue weighted by molar-refractivity contribution is 7.89. The van der Waals surface area contributed by atoms with E-state index in [1.165, 1.54) is 35.1 Å². The maximum Gasteiger partial charge on any atom is 0.261 e. The molecule has 0 unspecified atom stereocenters. The lowest BCUT2D eigenvalue weighted by atomic mass is 9.91. The number of fused-ring (bicyclic) bond motifs is 1. The fourth-order valence-corrected chi connectivity index (χ4v) is 7.81. The molecule has 2 aliphatic heterocycles. The third-order valence-electron chi connectivity index (χ3n) is 7.66. The molecule has 2 atom stereocenters. The van der Waals surface area contributed by atoms with Crippen LogP contribution in [0.2, 0.25) is 10.0 Å². The number of hydrogen-bond donors (Lipinski definition) is 1. The third kappa shape index (κ3) is 4.55. The van der Waals surface area contributed by atoms with Crippen molar-refractivity contribution in [2.45, 2.75) is 36.4 Å². The van der Waals surface area contributed by atoms with E-state index in [1.807, 2.05) is 24.3 Å². The molecule has 216 valence electrons. The number of hydrogen-bond acceptors (Lipinski definition) is 7. The van der Waals surface area contributed by atoms with E-state index in [1.54, 1.807) is 31.5 Å². The number of carbonyl (C=O) groups excluding carboxylic acids is 2. The Morgan fingerprint density at radius 2 is 1.71 bits per heavy atom. The van der Waals surface area contributed by atoms with Gasteiger partial charge in [-0.2, -0.15) is 4.31 Å². The highest BCUT2D eigenvalue weighted by atomic mass is 35.5. The van der Waals surface area contributed by atoms with Crippen molar-refractivity contribution in [2.24, 2.45) is 0 Å². The van der Waals surface area contributed by atoms with Gasteiger partial charge in [0, 0.05) is 48.0 Å². The summed E-state index contributed by atoms with van der Waals surface area (Å²) < 4.78 is 30.5. The largest absolute Gasteiger partial charge is 0.358 e. The Bertz CT molecular complexity index is 1800. The summed E-state index contributed by atoms with van der Waals surface area (Å²) in [4.78, 5) is 40.5. The van der Waals surface area contributed by atoms with Gasteiger partial charge >= 0.3 is 0 Å². The molecule has 2 aromatic carbocycles. The van der Waals surface area contributed by atoms with E-state index < -0.39 is 33.4 Å². The summed E-state index contributed by atoms with van der Waals surface area (Å²) in [5.74, 6) is -0.703. The highest BCUT2D eigenvalue weighted by Crippen LogP contribution is 2.45. The minimum atomic E-state index is -4.21. The average Bonchev–Trinajstić information content (AvgIpc) is 3.46. The van der Waals surface area contributed by atoms with Crippen molar-refractivity contribution in [1.29, 1.82) is 0 Å². The summed E-state index contributed by atoms with van der Waals surface area (Å²) in [6, 6.07) is 11.4. The lowest BCUT2D eigenvalue weighted by molar-refractivity contribution is -0.127. The van der Waals surface area contributed by atoms with Crippen molar-refractivity contribution in [1.82, 2.24) is 29.1 Å². The first-order valence-corrected chi connectivity index (χ1v) is 15.2. The lowest BCUT2D eigenvalue weighted by Gasteiger charge is -2.38. The van der Waals surface area contributed by atoms with Gasteiger partial charge in [-0.15, -0.1) is 0 Å². The van der Waals surface area contributed by atoms with Gasteiger partial charge in [0.15, 0.2) is 5.03 Å². The Kier molecular flexibility index (Phi) is 7.04. The first-order valence-electron chi connectivity index (χ1n) is 13.0. The number of carbonyl (C=O) groups is 2. The molecule has 6 rings (SSSR count). The molecule has 14 heteroatoms. The van der Waals surface area contributed by atoms with Crippen molar-refractivity contribution in [2.75, 3.05) is 18.5 Å². The molecule has 0 aliphatic carbocycles. The Morgan fingerprint density at radius 3 is 2.31 bits per heavy atom. The van der Waals surface area contributed by atoms with E-state index in [-0.39, 0.29) is 23.9 Å². The van der Waals surface area contributed by atoms with Gasteiger partial charge < -0.3 is 5.32 Å². The van der Waals surface area contributed by atoms with E-state index in [4.69, 9.17) is 23.2 Å². The second kappa shape index (κ2) is 10.5. The van der Waals surface area contributed by atoms with E-state index in [2.05, 4.69) is 20.3 Å². The molecule has 0 radical (unpaired) electrons. The van der Waals surface area contributed by atoms with Crippen LogP contribution in [0.1, 0.15) is 18.9 Å². The molecule has 4 heterocycles. The molecule has 4 aromatic rings. The van der Waals surface area contributed by atoms with Crippen LogP contribution in [0.15, 0.2) is 72.4 Å². The maximum atomic E-state index is 14.3. The van der Waals surface area contributed by atoms with Crippen LogP contribution in [0.3, 0.4) is 0 Å².